The maximum absolute atomic E-state index is 11.2. The molecule has 0 aromatic heterocycles. The zero-order valence-corrected chi connectivity index (χ0v) is 9.28. The second-order valence-corrected chi connectivity index (χ2v) is 4.21. The van der Waals surface area contributed by atoms with Gasteiger partial charge in [0.1, 0.15) is 0 Å². The molecule has 1 rings (SSSR count). The molecular weight excluding hydrogens is 200 g/mol. The predicted octanol–water partition coefficient (Wildman–Crippen LogP) is 2.10. The number of carbonyl (C=O) groups is 1. The summed E-state index contributed by atoms with van der Waals surface area (Å²) in [5, 5.41) is 5.57. The zero-order valence-electron chi connectivity index (χ0n) is 8.52. The van der Waals surface area contributed by atoms with Crippen molar-refractivity contribution in [2.24, 2.45) is 5.92 Å². The van der Waals surface area contributed by atoms with Crippen molar-refractivity contribution in [2.45, 2.75) is 32.1 Å². The Hall–Kier alpha value is -0.440. The number of amides is 2. The summed E-state index contributed by atoms with van der Waals surface area (Å²) in [6.07, 6.45) is 6.51. The highest BCUT2D eigenvalue weighted by molar-refractivity contribution is 6.18. The second kappa shape index (κ2) is 6.93. The fraction of sp³-hybridized carbons (Fsp3) is 0.900. The molecule has 0 aromatic carbocycles. The molecule has 0 radical (unpaired) electrons. The van der Waals surface area contributed by atoms with Crippen LogP contribution in [0.1, 0.15) is 32.1 Å². The van der Waals surface area contributed by atoms with E-state index < -0.39 is 0 Å². The lowest BCUT2D eigenvalue weighted by molar-refractivity contribution is 0.237. The zero-order chi connectivity index (χ0) is 10.2. The van der Waals surface area contributed by atoms with Crippen molar-refractivity contribution in [3.63, 3.8) is 0 Å². The van der Waals surface area contributed by atoms with Crippen LogP contribution in [0.15, 0.2) is 0 Å². The van der Waals surface area contributed by atoms with Crippen LogP contribution in [0, 0.1) is 5.92 Å². The summed E-state index contributed by atoms with van der Waals surface area (Å²) in [7, 11) is 0. The molecular formula is C10H19ClN2O. The highest BCUT2D eigenvalue weighted by Gasteiger charge is 2.13. The normalized spacial score (nSPS) is 17.8. The average molecular weight is 219 g/mol. The Labute approximate surface area is 90.6 Å². The lowest BCUT2D eigenvalue weighted by Gasteiger charge is -2.21. The molecule has 0 heterocycles. The van der Waals surface area contributed by atoms with E-state index in [0.29, 0.717) is 18.3 Å². The molecule has 1 aliphatic carbocycles. The van der Waals surface area contributed by atoms with E-state index in [1.54, 1.807) is 0 Å². The van der Waals surface area contributed by atoms with E-state index >= 15 is 0 Å². The first-order valence-electron chi connectivity index (χ1n) is 5.40. The summed E-state index contributed by atoms with van der Waals surface area (Å²) in [6.45, 7) is 1.35. The lowest BCUT2D eigenvalue weighted by Crippen LogP contribution is -2.39. The molecule has 3 nitrogen and oxygen atoms in total. The largest absolute Gasteiger partial charge is 0.338 e. The molecule has 0 aromatic rings. The van der Waals surface area contributed by atoms with Crippen LogP contribution in [-0.4, -0.2) is 25.0 Å². The average Bonchev–Trinajstić information content (AvgIpc) is 2.25. The maximum Gasteiger partial charge on any atom is 0.314 e. The van der Waals surface area contributed by atoms with Crippen molar-refractivity contribution >= 4 is 17.6 Å². The quantitative estimate of drug-likeness (QED) is 0.698. The summed E-state index contributed by atoms with van der Waals surface area (Å²) in [4.78, 5) is 11.2. The van der Waals surface area contributed by atoms with Gasteiger partial charge in [-0.05, 0) is 18.8 Å². The maximum atomic E-state index is 11.2. The third-order valence-corrected chi connectivity index (χ3v) is 2.85. The molecule has 0 atom stereocenters. The van der Waals surface area contributed by atoms with E-state index in [1.807, 2.05) is 0 Å². The van der Waals surface area contributed by atoms with Crippen LogP contribution >= 0.6 is 11.6 Å². The Morgan fingerprint density at radius 2 is 1.93 bits per heavy atom. The first-order valence-corrected chi connectivity index (χ1v) is 5.94. The van der Waals surface area contributed by atoms with E-state index in [4.69, 9.17) is 11.6 Å². The van der Waals surface area contributed by atoms with Gasteiger partial charge in [-0.2, -0.15) is 0 Å². The van der Waals surface area contributed by atoms with Crippen molar-refractivity contribution in [3.8, 4) is 0 Å². The molecule has 2 N–H and O–H groups in total. The molecule has 2 amide bonds. The van der Waals surface area contributed by atoms with Gasteiger partial charge in [0.2, 0.25) is 0 Å². The van der Waals surface area contributed by atoms with Crippen LogP contribution in [0.4, 0.5) is 4.79 Å². The van der Waals surface area contributed by atoms with Gasteiger partial charge in [0, 0.05) is 19.0 Å². The third kappa shape index (κ3) is 4.70. The number of hydrogen-bond acceptors (Lipinski definition) is 1. The van der Waals surface area contributed by atoms with E-state index in [1.165, 1.54) is 32.1 Å². The van der Waals surface area contributed by atoms with Crippen LogP contribution in [0.3, 0.4) is 0 Å². The number of urea groups is 1. The summed E-state index contributed by atoms with van der Waals surface area (Å²) >= 11 is 5.45. The molecule has 14 heavy (non-hydrogen) atoms. The molecule has 1 saturated carbocycles. The van der Waals surface area contributed by atoms with Gasteiger partial charge in [-0.1, -0.05) is 19.3 Å². The molecule has 4 heteroatoms. The molecule has 1 fully saturated rings. The number of rotatable bonds is 4. The Balaban J connectivity index is 2.03. The topological polar surface area (TPSA) is 41.1 Å². The van der Waals surface area contributed by atoms with Crippen molar-refractivity contribution in [1.29, 1.82) is 0 Å². The SMILES string of the molecule is O=C(NCCCl)NCC1CCCCC1. The van der Waals surface area contributed by atoms with Crippen molar-refractivity contribution in [1.82, 2.24) is 10.6 Å². The fourth-order valence-corrected chi connectivity index (χ4v) is 1.95. The van der Waals surface area contributed by atoms with Crippen LogP contribution < -0.4 is 10.6 Å². The van der Waals surface area contributed by atoms with E-state index in [0.717, 1.165) is 6.54 Å². The minimum absolute atomic E-state index is 0.0868. The first kappa shape index (κ1) is 11.6. The molecule has 0 unspecified atom stereocenters. The molecule has 0 saturated heterocycles. The summed E-state index contributed by atoms with van der Waals surface area (Å²) in [5.41, 5.74) is 0. The van der Waals surface area contributed by atoms with Gasteiger partial charge in [-0.15, -0.1) is 11.6 Å². The summed E-state index contributed by atoms with van der Waals surface area (Å²) < 4.78 is 0. The summed E-state index contributed by atoms with van der Waals surface area (Å²) in [5.74, 6) is 1.15. The van der Waals surface area contributed by atoms with Crippen molar-refractivity contribution in [2.75, 3.05) is 19.0 Å². The highest BCUT2D eigenvalue weighted by Crippen LogP contribution is 2.22. The number of carbonyl (C=O) groups excluding carboxylic acids is 1. The van der Waals surface area contributed by atoms with Crippen molar-refractivity contribution in [3.05, 3.63) is 0 Å². The number of alkyl halides is 1. The van der Waals surface area contributed by atoms with Crippen LogP contribution in [0.25, 0.3) is 0 Å². The Morgan fingerprint density at radius 3 is 2.57 bits per heavy atom. The minimum atomic E-state index is -0.0868. The molecule has 0 spiro atoms. The first-order chi connectivity index (χ1) is 6.83. The number of nitrogens with one attached hydrogen (secondary N) is 2. The van der Waals surface area contributed by atoms with Crippen LogP contribution in [0.5, 0.6) is 0 Å². The molecule has 0 aliphatic heterocycles. The predicted molar refractivity (Wildman–Crippen MR) is 58.7 cm³/mol. The lowest BCUT2D eigenvalue weighted by atomic mass is 9.89. The molecule has 0 bridgehead atoms. The van der Waals surface area contributed by atoms with Gasteiger partial charge in [0.05, 0.1) is 0 Å². The van der Waals surface area contributed by atoms with Crippen LogP contribution in [-0.2, 0) is 0 Å². The fourth-order valence-electron chi connectivity index (χ4n) is 1.85. The summed E-state index contributed by atoms with van der Waals surface area (Å²) in [6, 6.07) is -0.0868. The van der Waals surface area contributed by atoms with E-state index in [9.17, 15) is 4.79 Å². The van der Waals surface area contributed by atoms with Gasteiger partial charge in [-0.25, -0.2) is 4.79 Å². The minimum Gasteiger partial charge on any atom is -0.338 e. The third-order valence-electron chi connectivity index (χ3n) is 2.66. The van der Waals surface area contributed by atoms with E-state index in [-0.39, 0.29) is 6.03 Å². The number of halogens is 1. The molecule has 1 aliphatic rings. The van der Waals surface area contributed by atoms with Gasteiger partial charge < -0.3 is 10.6 Å². The van der Waals surface area contributed by atoms with Gasteiger partial charge in [-0.3, -0.25) is 0 Å². The Bertz CT molecular complexity index is 170. The highest BCUT2D eigenvalue weighted by atomic mass is 35.5. The molecule has 82 valence electrons. The smallest absolute Gasteiger partial charge is 0.314 e. The van der Waals surface area contributed by atoms with Gasteiger partial charge in [0.15, 0.2) is 0 Å². The Kier molecular flexibility index (Phi) is 5.76. The standard InChI is InChI=1S/C10H19ClN2O/c11-6-7-12-10(14)13-8-9-4-2-1-3-5-9/h9H,1-8H2,(H2,12,13,14). The second-order valence-electron chi connectivity index (χ2n) is 3.83. The van der Waals surface area contributed by atoms with Gasteiger partial charge in [0.25, 0.3) is 0 Å². The van der Waals surface area contributed by atoms with Crippen LogP contribution in [0.2, 0.25) is 0 Å². The van der Waals surface area contributed by atoms with E-state index in [2.05, 4.69) is 10.6 Å². The number of hydrogen-bond donors (Lipinski definition) is 2. The monoisotopic (exact) mass is 218 g/mol. The van der Waals surface area contributed by atoms with Gasteiger partial charge >= 0.3 is 6.03 Å². The Morgan fingerprint density at radius 1 is 1.21 bits per heavy atom. The van der Waals surface area contributed by atoms with Crippen molar-refractivity contribution < 1.29 is 4.79 Å².